The molecule has 0 saturated carbocycles. The summed E-state index contributed by atoms with van der Waals surface area (Å²) in [7, 11) is 3.21. The van der Waals surface area contributed by atoms with Gasteiger partial charge < -0.3 is 18.9 Å². The molecule has 1 saturated heterocycles. The maximum atomic E-state index is 5.86. The zero-order valence-corrected chi connectivity index (χ0v) is 12.9. The van der Waals surface area contributed by atoms with Crippen LogP contribution in [0.5, 0.6) is 17.2 Å². The first-order valence-corrected chi connectivity index (χ1v) is 7.30. The van der Waals surface area contributed by atoms with Crippen LogP contribution in [0.25, 0.3) is 0 Å². The summed E-state index contributed by atoms with van der Waals surface area (Å²) < 4.78 is 22.3. The van der Waals surface area contributed by atoms with E-state index in [9.17, 15) is 0 Å². The fraction of sp³-hybridized carbons (Fsp3) is 0.600. The van der Waals surface area contributed by atoms with Gasteiger partial charge in [0.2, 0.25) is 5.75 Å². The van der Waals surface area contributed by atoms with E-state index in [1.54, 1.807) is 14.2 Å². The minimum Gasteiger partial charge on any atom is -0.493 e. The molecule has 4 nitrogen and oxygen atoms in total. The molecule has 2 rings (SSSR count). The summed E-state index contributed by atoms with van der Waals surface area (Å²) in [6.45, 7) is 2.58. The summed E-state index contributed by atoms with van der Waals surface area (Å²) in [5, 5.41) is 0. The Morgan fingerprint density at radius 3 is 2.30 bits per heavy atom. The van der Waals surface area contributed by atoms with Crippen molar-refractivity contribution in [3.05, 3.63) is 17.7 Å². The van der Waals surface area contributed by atoms with Crippen molar-refractivity contribution in [2.45, 2.75) is 37.9 Å². The third-order valence-electron chi connectivity index (χ3n) is 3.41. The first-order valence-electron chi connectivity index (χ1n) is 6.77. The molecule has 2 atom stereocenters. The normalized spacial score (nSPS) is 21.8. The Bertz CT molecular complexity index is 424. The predicted molar refractivity (Wildman–Crippen MR) is 78.2 cm³/mol. The molecule has 0 aliphatic carbocycles. The minimum atomic E-state index is 0.132. The molecule has 112 valence electrons. The summed E-state index contributed by atoms with van der Waals surface area (Å²) in [5.74, 6) is 2.26. The van der Waals surface area contributed by atoms with Crippen LogP contribution in [0.1, 0.15) is 25.3 Å². The van der Waals surface area contributed by atoms with Gasteiger partial charge in [0, 0.05) is 5.88 Å². The molecular weight excluding hydrogens is 280 g/mol. The first-order chi connectivity index (χ1) is 9.67. The summed E-state index contributed by atoms with van der Waals surface area (Å²) in [6.07, 6.45) is 2.54. The Balaban J connectivity index is 2.12. The van der Waals surface area contributed by atoms with Crippen LogP contribution in [0.15, 0.2) is 12.1 Å². The van der Waals surface area contributed by atoms with Crippen molar-refractivity contribution in [2.24, 2.45) is 0 Å². The molecule has 0 spiro atoms. The van der Waals surface area contributed by atoms with Gasteiger partial charge in [0.15, 0.2) is 11.5 Å². The molecule has 1 aromatic carbocycles. The molecule has 5 heteroatoms. The van der Waals surface area contributed by atoms with Crippen molar-refractivity contribution >= 4 is 11.6 Å². The van der Waals surface area contributed by atoms with Gasteiger partial charge in [0.05, 0.1) is 26.4 Å². The Hall–Kier alpha value is -1.13. The van der Waals surface area contributed by atoms with Crippen LogP contribution in [0.4, 0.5) is 0 Å². The third kappa shape index (κ3) is 3.49. The Labute approximate surface area is 124 Å². The topological polar surface area (TPSA) is 36.9 Å². The molecule has 2 unspecified atom stereocenters. The number of hydrogen-bond donors (Lipinski definition) is 0. The smallest absolute Gasteiger partial charge is 0.203 e. The maximum absolute atomic E-state index is 5.86. The number of methoxy groups -OCH3 is 2. The molecule has 1 aromatic rings. The van der Waals surface area contributed by atoms with Gasteiger partial charge >= 0.3 is 0 Å². The predicted octanol–water partition coefficient (Wildman–Crippen LogP) is 3.39. The maximum Gasteiger partial charge on any atom is 0.203 e. The van der Waals surface area contributed by atoms with Gasteiger partial charge in [-0.2, -0.15) is 0 Å². The Morgan fingerprint density at radius 2 is 1.85 bits per heavy atom. The van der Waals surface area contributed by atoms with Gasteiger partial charge in [0.25, 0.3) is 0 Å². The zero-order chi connectivity index (χ0) is 14.5. The highest BCUT2D eigenvalue weighted by molar-refractivity contribution is 6.17. The average molecular weight is 301 g/mol. The fourth-order valence-corrected chi connectivity index (χ4v) is 2.49. The largest absolute Gasteiger partial charge is 0.493 e. The van der Waals surface area contributed by atoms with Crippen LogP contribution in [0.2, 0.25) is 0 Å². The summed E-state index contributed by atoms with van der Waals surface area (Å²) in [4.78, 5) is 0. The molecule has 20 heavy (non-hydrogen) atoms. The van der Waals surface area contributed by atoms with Gasteiger partial charge in [-0.15, -0.1) is 11.6 Å². The molecular formula is C15H21ClO4. The zero-order valence-electron chi connectivity index (χ0n) is 12.1. The van der Waals surface area contributed by atoms with E-state index < -0.39 is 0 Å². The van der Waals surface area contributed by atoms with Crippen molar-refractivity contribution in [2.75, 3.05) is 20.8 Å². The summed E-state index contributed by atoms with van der Waals surface area (Å²) in [5.41, 5.74) is 0.929. The van der Waals surface area contributed by atoms with Crippen molar-refractivity contribution in [1.29, 1.82) is 0 Å². The van der Waals surface area contributed by atoms with Crippen molar-refractivity contribution in [3.8, 4) is 17.2 Å². The van der Waals surface area contributed by atoms with Gasteiger partial charge in [-0.1, -0.05) is 0 Å². The molecule has 0 aromatic heterocycles. The van der Waals surface area contributed by atoms with E-state index in [0.717, 1.165) is 18.4 Å². The van der Waals surface area contributed by atoms with Gasteiger partial charge in [-0.05, 0) is 37.5 Å². The lowest BCUT2D eigenvalue weighted by atomic mass is 10.2. The van der Waals surface area contributed by atoms with Crippen LogP contribution in [-0.2, 0) is 10.6 Å². The van der Waals surface area contributed by atoms with E-state index in [1.165, 1.54) is 0 Å². The lowest BCUT2D eigenvalue weighted by molar-refractivity contribution is 0.0253. The summed E-state index contributed by atoms with van der Waals surface area (Å²) in [6, 6.07) is 3.73. The number of ether oxygens (including phenoxy) is 4. The van der Waals surface area contributed by atoms with Gasteiger partial charge in [-0.3, -0.25) is 0 Å². The quantitative estimate of drug-likeness (QED) is 0.755. The average Bonchev–Trinajstić information content (AvgIpc) is 2.89. The third-order valence-corrected chi connectivity index (χ3v) is 3.72. The second-order valence-corrected chi connectivity index (χ2v) is 5.19. The Kier molecular flexibility index (Phi) is 5.38. The first kappa shape index (κ1) is 15.3. The molecule has 1 heterocycles. The van der Waals surface area contributed by atoms with E-state index in [-0.39, 0.29) is 6.10 Å². The molecule has 1 fully saturated rings. The van der Waals surface area contributed by atoms with Gasteiger partial charge in [-0.25, -0.2) is 0 Å². The molecule has 0 radical (unpaired) electrons. The van der Waals surface area contributed by atoms with E-state index in [4.69, 9.17) is 30.5 Å². The van der Waals surface area contributed by atoms with Crippen LogP contribution < -0.4 is 14.2 Å². The number of halogens is 1. The van der Waals surface area contributed by atoms with Crippen molar-refractivity contribution < 1.29 is 18.9 Å². The molecule has 0 N–H and O–H groups in total. The SMILES string of the molecule is COc1cc(CCl)cc(OC)c1OCC1CCC(C)O1. The second-order valence-electron chi connectivity index (χ2n) is 4.92. The van der Waals surface area contributed by atoms with E-state index >= 15 is 0 Å². The van der Waals surface area contributed by atoms with Gasteiger partial charge in [0.1, 0.15) is 6.61 Å². The summed E-state index contributed by atoms with van der Waals surface area (Å²) >= 11 is 5.86. The monoisotopic (exact) mass is 300 g/mol. The number of benzene rings is 1. The van der Waals surface area contributed by atoms with Crippen LogP contribution in [0.3, 0.4) is 0 Å². The van der Waals surface area contributed by atoms with Crippen LogP contribution in [0, 0.1) is 0 Å². The van der Waals surface area contributed by atoms with Crippen molar-refractivity contribution in [3.63, 3.8) is 0 Å². The molecule has 0 bridgehead atoms. The standard InChI is InChI=1S/C15H21ClO4/c1-10-4-5-12(20-10)9-19-15-13(17-2)6-11(8-16)7-14(15)18-3/h6-7,10,12H,4-5,8-9H2,1-3H3. The minimum absolute atomic E-state index is 0.132. The number of hydrogen-bond acceptors (Lipinski definition) is 4. The van der Waals surface area contributed by atoms with Crippen LogP contribution >= 0.6 is 11.6 Å². The van der Waals surface area contributed by atoms with E-state index in [1.807, 2.05) is 12.1 Å². The van der Waals surface area contributed by atoms with E-state index in [2.05, 4.69) is 6.92 Å². The molecule has 1 aliphatic heterocycles. The molecule has 1 aliphatic rings. The van der Waals surface area contributed by atoms with E-state index in [0.29, 0.717) is 35.8 Å². The lowest BCUT2D eigenvalue weighted by Crippen LogP contribution is -2.18. The van der Waals surface area contributed by atoms with Crippen molar-refractivity contribution in [1.82, 2.24) is 0 Å². The number of rotatable bonds is 6. The number of alkyl halides is 1. The fourth-order valence-electron chi connectivity index (χ4n) is 2.34. The molecule has 0 amide bonds. The lowest BCUT2D eigenvalue weighted by Gasteiger charge is -2.18. The second kappa shape index (κ2) is 7.04. The Morgan fingerprint density at radius 1 is 1.20 bits per heavy atom. The highest BCUT2D eigenvalue weighted by Crippen LogP contribution is 2.39. The highest BCUT2D eigenvalue weighted by Gasteiger charge is 2.23. The van der Waals surface area contributed by atoms with Crippen LogP contribution in [-0.4, -0.2) is 33.0 Å². The highest BCUT2D eigenvalue weighted by atomic mass is 35.5.